The van der Waals surface area contributed by atoms with Gasteiger partial charge >= 0.3 is 6.36 Å². The number of carbonyl (C=O) groups excluding carboxylic acids is 1. The van der Waals surface area contributed by atoms with E-state index in [0.29, 0.717) is 6.07 Å². The third kappa shape index (κ3) is 3.09. The highest BCUT2D eigenvalue weighted by Crippen LogP contribution is 2.27. The van der Waals surface area contributed by atoms with Crippen molar-refractivity contribution in [2.24, 2.45) is 0 Å². The molecule has 0 aromatic carbocycles. The zero-order valence-electron chi connectivity index (χ0n) is 7.60. The fourth-order valence-corrected chi connectivity index (χ4v) is 1.62. The first-order valence-electron chi connectivity index (χ1n) is 3.90. The van der Waals surface area contributed by atoms with E-state index in [1.807, 2.05) is 0 Å². The van der Waals surface area contributed by atoms with Crippen LogP contribution >= 0.6 is 15.9 Å². The van der Waals surface area contributed by atoms with Gasteiger partial charge in [0.05, 0.1) is 5.69 Å². The molecule has 0 unspecified atom stereocenters. The minimum absolute atomic E-state index is 0.0523. The molecule has 8 heteroatoms. The summed E-state index contributed by atoms with van der Waals surface area (Å²) in [5.74, 6) is -0.685. The van der Waals surface area contributed by atoms with Crippen LogP contribution in [0, 0.1) is 0 Å². The monoisotopic (exact) mass is 299 g/mol. The summed E-state index contributed by atoms with van der Waals surface area (Å²) in [7, 11) is 0. The Hall–Kier alpha value is -1.31. The largest absolute Gasteiger partial charge is 0.573 e. The Kier molecular flexibility index (Phi) is 3.74. The number of aromatic amines is 1. The minimum Gasteiger partial charge on any atom is -0.405 e. The molecule has 16 heavy (non-hydrogen) atoms. The Morgan fingerprint density at radius 1 is 1.50 bits per heavy atom. The molecule has 0 saturated heterocycles. The Morgan fingerprint density at radius 3 is 2.56 bits per heavy atom. The third-order valence-corrected chi connectivity index (χ3v) is 2.18. The average molecular weight is 300 g/mol. The highest BCUT2D eigenvalue weighted by atomic mass is 79.9. The van der Waals surface area contributed by atoms with Crippen LogP contribution in [0.2, 0.25) is 0 Å². The number of alkyl halides is 4. The van der Waals surface area contributed by atoms with Gasteiger partial charge in [0, 0.05) is 17.0 Å². The van der Waals surface area contributed by atoms with Crippen molar-refractivity contribution < 1.29 is 22.7 Å². The van der Waals surface area contributed by atoms with Gasteiger partial charge in [-0.1, -0.05) is 15.9 Å². The minimum atomic E-state index is -4.91. The number of halogens is 4. The lowest BCUT2D eigenvalue weighted by Gasteiger charge is -2.12. The molecule has 1 rings (SSSR count). The van der Waals surface area contributed by atoms with Crippen molar-refractivity contribution in [1.29, 1.82) is 0 Å². The van der Waals surface area contributed by atoms with Crippen LogP contribution in [0.1, 0.15) is 16.1 Å². The molecular weight excluding hydrogens is 295 g/mol. The first-order valence-corrected chi connectivity index (χ1v) is 5.02. The SMILES string of the molecule is O=Cc1[nH]c(=O)cc(OC(F)(F)F)c1CBr. The summed E-state index contributed by atoms with van der Waals surface area (Å²) >= 11 is 2.90. The van der Waals surface area contributed by atoms with Crippen molar-refractivity contribution in [3.63, 3.8) is 0 Å². The van der Waals surface area contributed by atoms with E-state index in [-0.39, 0.29) is 22.9 Å². The van der Waals surface area contributed by atoms with Gasteiger partial charge < -0.3 is 9.72 Å². The molecule has 1 heterocycles. The van der Waals surface area contributed by atoms with Crippen molar-refractivity contribution in [3.8, 4) is 5.75 Å². The molecule has 88 valence electrons. The molecule has 0 bridgehead atoms. The maximum Gasteiger partial charge on any atom is 0.573 e. The molecule has 0 atom stereocenters. The van der Waals surface area contributed by atoms with Gasteiger partial charge in [-0.25, -0.2) is 0 Å². The predicted molar refractivity (Wildman–Crippen MR) is 51.8 cm³/mol. The Balaban J connectivity index is 3.31. The predicted octanol–water partition coefficient (Wildman–Crippen LogP) is 1.98. The van der Waals surface area contributed by atoms with Crippen LogP contribution in [0.15, 0.2) is 10.9 Å². The number of nitrogens with one attached hydrogen (secondary N) is 1. The Labute approximate surface area is 95.5 Å². The molecule has 1 N–H and O–H groups in total. The summed E-state index contributed by atoms with van der Waals surface area (Å²) in [6, 6.07) is 0.636. The summed E-state index contributed by atoms with van der Waals surface area (Å²) in [5, 5.41) is -0.0523. The molecule has 0 aliphatic rings. The number of aromatic nitrogens is 1. The van der Waals surface area contributed by atoms with Crippen LogP contribution in [-0.2, 0) is 5.33 Å². The second-order valence-electron chi connectivity index (χ2n) is 2.69. The highest BCUT2D eigenvalue weighted by molar-refractivity contribution is 9.08. The van der Waals surface area contributed by atoms with E-state index in [9.17, 15) is 22.8 Å². The maximum absolute atomic E-state index is 12.0. The lowest BCUT2D eigenvalue weighted by molar-refractivity contribution is -0.274. The van der Waals surface area contributed by atoms with Gasteiger partial charge in [0.1, 0.15) is 5.75 Å². The molecule has 1 aromatic heterocycles. The molecule has 0 aliphatic carbocycles. The van der Waals surface area contributed by atoms with Crippen molar-refractivity contribution in [2.75, 3.05) is 0 Å². The number of ether oxygens (including phenoxy) is 1. The first kappa shape index (κ1) is 12.8. The maximum atomic E-state index is 12.0. The zero-order valence-corrected chi connectivity index (χ0v) is 9.18. The number of pyridine rings is 1. The van der Waals surface area contributed by atoms with E-state index in [0.717, 1.165) is 0 Å². The van der Waals surface area contributed by atoms with E-state index < -0.39 is 17.7 Å². The summed E-state index contributed by atoms with van der Waals surface area (Å²) < 4.78 is 39.6. The van der Waals surface area contributed by atoms with Crippen molar-refractivity contribution >= 4 is 22.2 Å². The molecule has 0 radical (unpaired) electrons. The molecule has 0 aliphatic heterocycles. The summed E-state index contributed by atoms with van der Waals surface area (Å²) in [4.78, 5) is 23.6. The van der Waals surface area contributed by atoms with E-state index >= 15 is 0 Å². The van der Waals surface area contributed by atoms with E-state index in [2.05, 4.69) is 25.7 Å². The standard InChI is InChI=1S/C8H5BrF3NO3/c9-2-4-5(3-14)13-7(15)1-6(4)16-8(10,11)12/h1,3H,2H2,(H,13,15). The van der Waals surface area contributed by atoms with Gasteiger partial charge in [-0.2, -0.15) is 0 Å². The lowest BCUT2D eigenvalue weighted by Crippen LogP contribution is -2.21. The molecule has 4 nitrogen and oxygen atoms in total. The number of H-pyrrole nitrogens is 1. The van der Waals surface area contributed by atoms with Gasteiger partial charge in [0.2, 0.25) is 0 Å². The summed E-state index contributed by atoms with van der Waals surface area (Å²) in [5.41, 5.74) is -1.15. The smallest absolute Gasteiger partial charge is 0.405 e. The number of rotatable bonds is 3. The van der Waals surface area contributed by atoms with Crippen molar-refractivity contribution in [1.82, 2.24) is 4.98 Å². The van der Waals surface area contributed by atoms with E-state index in [1.54, 1.807) is 0 Å². The number of hydrogen-bond acceptors (Lipinski definition) is 3. The molecule has 0 fully saturated rings. The summed E-state index contributed by atoms with van der Waals surface area (Å²) in [6.45, 7) is 0. The first-order chi connectivity index (χ1) is 7.37. The fraction of sp³-hybridized carbons (Fsp3) is 0.250. The molecule has 0 amide bonds. The van der Waals surface area contributed by atoms with Gasteiger partial charge in [-0.15, -0.1) is 13.2 Å². The van der Waals surface area contributed by atoms with Gasteiger partial charge in [-0.05, 0) is 0 Å². The van der Waals surface area contributed by atoms with Crippen LogP contribution in [0.5, 0.6) is 5.75 Å². The second kappa shape index (κ2) is 4.69. The number of aldehydes is 1. The van der Waals surface area contributed by atoms with Crippen LogP contribution in [0.3, 0.4) is 0 Å². The van der Waals surface area contributed by atoms with Gasteiger partial charge in [0.25, 0.3) is 5.56 Å². The normalized spacial score (nSPS) is 11.2. The molecule has 0 spiro atoms. The summed E-state index contributed by atoms with van der Waals surface area (Å²) in [6.07, 6.45) is -4.66. The second-order valence-corrected chi connectivity index (χ2v) is 3.25. The fourth-order valence-electron chi connectivity index (χ4n) is 1.04. The van der Waals surface area contributed by atoms with E-state index in [1.165, 1.54) is 0 Å². The molecule has 1 aromatic rings. The van der Waals surface area contributed by atoms with Crippen LogP contribution in [0.4, 0.5) is 13.2 Å². The Bertz CT molecular complexity index is 455. The van der Waals surface area contributed by atoms with Crippen molar-refractivity contribution in [2.45, 2.75) is 11.7 Å². The number of hydrogen-bond donors (Lipinski definition) is 1. The van der Waals surface area contributed by atoms with Gasteiger partial charge in [-0.3, -0.25) is 9.59 Å². The van der Waals surface area contributed by atoms with Crippen LogP contribution < -0.4 is 10.3 Å². The average Bonchev–Trinajstić information content (AvgIpc) is 2.14. The zero-order chi connectivity index (χ0) is 12.3. The van der Waals surface area contributed by atoms with Gasteiger partial charge in [0.15, 0.2) is 6.29 Å². The lowest BCUT2D eigenvalue weighted by atomic mass is 10.2. The van der Waals surface area contributed by atoms with Crippen LogP contribution in [0.25, 0.3) is 0 Å². The topological polar surface area (TPSA) is 59.2 Å². The van der Waals surface area contributed by atoms with Crippen molar-refractivity contribution in [3.05, 3.63) is 27.7 Å². The molecule has 0 saturated carbocycles. The van der Waals surface area contributed by atoms with Crippen LogP contribution in [-0.4, -0.2) is 17.6 Å². The third-order valence-electron chi connectivity index (χ3n) is 1.62. The van der Waals surface area contributed by atoms with E-state index in [4.69, 9.17) is 0 Å². The molecular formula is C8H5BrF3NO3. The quantitative estimate of drug-likeness (QED) is 0.686. The Morgan fingerprint density at radius 2 is 2.12 bits per heavy atom. The number of carbonyl (C=O) groups is 1. The highest BCUT2D eigenvalue weighted by Gasteiger charge is 2.32.